The van der Waals surface area contributed by atoms with E-state index in [9.17, 15) is 22.4 Å². The lowest BCUT2D eigenvalue weighted by molar-refractivity contribution is -0.140. The Hall–Kier alpha value is -4.02. The molecule has 0 unspecified atom stereocenters. The van der Waals surface area contributed by atoms with Crippen molar-refractivity contribution >= 4 is 43.5 Å². The third kappa shape index (κ3) is 8.54. The summed E-state index contributed by atoms with van der Waals surface area (Å²) in [6.07, 6.45) is 0.217. The molecule has 0 aliphatic rings. The second kappa shape index (κ2) is 14.6. The molecular formula is C34H35BrFN3O4S. The van der Waals surface area contributed by atoms with E-state index in [1.807, 2.05) is 75.4 Å². The first-order valence-electron chi connectivity index (χ1n) is 14.2. The van der Waals surface area contributed by atoms with E-state index in [1.54, 1.807) is 24.3 Å². The summed E-state index contributed by atoms with van der Waals surface area (Å²) in [5.74, 6) is -1.51. The number of carbonyl (C=O) groups is 2. The van der Waals surface area contributed by atoms with E-state index < -0.39 is 34.3 Å². The lowest BCUT2D eigenvalue weighted by Gasteiger charge is -2.34. The van der Waals surface area contributed by atoms with Crippen molar-refractivity contribution in [3.63, 3.8) is 0 Å². The van der Waals surface area contributed by atoms with E-state index in [4.69, 9.17) is 0 Å². The summed E-state index contributed by atoms with van der Waals surface area (Å²) in [5, 5.41) is 2.94. The van der Waals surface area contributed by atoms with Crippen molar-refractivity contribution in [1.29, 1.82) is 0 Å². The zero-order valence-corrected chi connectivity index (χ0v) is 27.2. The second-order valence-corrected chi connectivity index (χ2v) is 13.6. The third-order valence-electron chi connectivity index (χ3n) is 6.95. The third-order valence-corrected chi connectivity index (χ3v) is 9.23. The van der Waals surface area contributed by atoms with Crippen LogP contribution in [-0.2, 0) is 32.6 Å². The maximum atomic E-state index is 14.4. The maximum absolute atomic E-state index is 14.4. The lowest BCUT2D eigenvalue weighted by Crippen LogP contribution is -2.54. The topological polar surface area (TPSA) is 86.8 Å². The van der Waals surface area contributed by atoms with E-state index in [0.717, 1.165) is 37.6 Å². The number of aryl methyl sites for hydroxylation is 1. The summed E-state index contributed by atoms with van der Waals surface area (Å²) < 4.78 is 43.5. The molecule has 1 atom stereocenters. The van der Waals surface area contributed by atoms with Gasteiger partial charge in [0.1, 0.15) is 18.4 Å². The first kappa shape index (κ1) is 32.9. The number of carbonyl (C=O) groups excluding carboxylic acids is 2. The molecular weight excluding hydrogens is 645 g/mol. The van der Waals surface area contributed by atoms with Gasteiger partial charge in [-0.05, 0) is 80.4 Å². The van der Waals surface area contributed by atoms with Gasteiger partial charge in [0.25, 0.3) is 10.0 Å². The highest BCUT2D eigenvalue weighted by Crippen LogP contribution is 2.26. The van der Waals surface area contributed by atoms with Crippen LogP contribution in [0.3, 0.4) is 0 Å². The molecule has 0 radical (unpaired) electrons. The number of halogens is 2. The fraction of sp³-hybridized carbons (Fsp3) is 0.235. The van der Waals surface area contributed by atoms with E-state index in [-0.39, 0.29) is 35.5 Å². The van der Waals surface area contributed by atoms with Crippen molar-refractivity contribution < 1.29 is 22.4 Å². The van der Waals surface area contributed by atoms with Gasteiger partial charge in [-0.15, -0.1) is 0 Å². The molecule has 4 aromatic rings. The fourth-order valence-electron chi connectivity index (χ4n) is 4.74. The second-order valence-electron chi connectivity index (χ2n) is 10.8. The van der Waals surface area contributed by atoms with Crippen molar-refractivity contribution in [2.45, 2.75) is 50.7 Å². The molecule has 0 bridgehead atoms. The van der Waals surface area contributed by atoms with Crippen LogP contribution in [0.1, 0.15) is 30.5 Å². The number of nitrogens with zero attached hydrogens (tertiary/aromatic N) is 2. The van der Waals surface area contributed by atoms with Crippen LogP contribution >= 0.6 is 15.9 Å². The van der Waals surface area contributed by atoms with Crippen LogP contribution in [-0.4, -0.2) is 43.8 Å². The Kier molecular flexibility index (Phi) is 10.9. The summed E-state index contributed by atoms with van der Waals surface area (Å²) >= 11 is 3.48. The summed E-state index contributed by atoms with van der Waals surface area (Å²) in [6, 6.07) is 26.8. The van der Waals surface area contributed by atoms with E-state index in [0.29, 0.717) is 0 Å². The number of nitrogens with one attached hydrogen (secondary N) is 1. The Bertz CT molecular complexity index is 1680. The molecule has 10 heteroatoms. The minimum absolute atomic E-state index is 0.0552. The zero-order valence-electron chi connectivity index (χ0n) is 24.8. The predicted molar refractivity (Wildman–Crippen MR) is 174 cm³/mol. The summed E-state index contributed by atoms with van der Waals surface area (Å²) in [6.45, 7) is 5.02. The molecule has 0 saturated heterocycles. The van der Waals surface area contributed by atoms with Gasteiger partial charge in [-0.25, -0.2) is 12.8 Å². The van der Waals surface area contributed by atoms with Gasteiger partial charge in [0.2, 0.25) is 11.8 Å². The van der Waals surface area contributed by atoms with Crippen LogP contribution in [0.25, 0.3) is 0 Å². The van der Waals surface area contributed by atoms with Gasteiger partial charge in [-0.1, -0.05) is 76.1 Å². The van der Waals surface area contributed by atoms with Gasteiger partial charge in [0.15, 0.2) is 0 Å². The van der Waals surface area contributed by atoms with Crippen LogP contribution in [0.5, 0.6) is 0 Å². The van der Waals surface area contributed by atoms with Gasteiger partial charge < -0.3 is 10.2 Å². The molecule has 230 valence electrons. The van der Waals surface area contributed by atoms with Gasteiger partial charge in [-0.2, -0.15) is 0 Å². The molecule has 4 aromatic carbocycles. The Balaban J connectivity index is 1.80. The minimum Gasteiger partial charge on any atom is -0.352 e. The number of anilines is 1. The van der Waals surface area contributed by atoms with Crippen molar-refractivity contribution in [1.82, 2.24) is 10.2 Å². The Labute approximate surface area is 266 Å². The maximum Gasteiger partial charge on any atom is 0.264 e. The number of benzene rings is 4. The quantitative estimate of drug-likeness (QED) is 0.192. The van der Waals surface area contributed by atoms with Crippen LogP contribution in [0.4, 0.5) is 10.1 Å². The highest BCUT2D eigenvalue weighted by molar-refractivity contribution is 9.10. The van der Waals surface area contributed by atoms with Crippen LogP contribution < -0.4 is 9.62 Å². The molecule has 1 N–H and O–H groups in total. The SMILES string of the molecule is Cc1ccc(N(CC(=O)N(Cc2cccc(Br)c2)[C@H](Cc2ccccc2)C(=O)NC(C)C)S(=O)(=O)c2ccc(F)cc2)cc1. The van der Waals surface area contributed by atoms with Crippen LogP contribution in [0.2, 0.25) is 0 Å². The van der Waals surface area contributed by atoms with E-state index >= 15 is 0 Å². The zero-order chi connectivity index (χ0) is 31.9. The number of sulfonamides is 1. The molecule has 0 aromatic heterocycles. The molecule has 0 saturated carbocycles. The van der Waals surface area contributed by atoms with Crippen molar-refractivity contribution in [3.05, 3.63) is 130 Å². The summed E-state index contributed by atoms with van der Waals surface area (Å²) in [5.41, 5.74) is 2.77. The summed E-state index contributed by atoms with van der Waals surface area (Å²) in [4.78, 5) is 29.4. The van der Waals surface area contributed by atoms with Crippen LogP contribution in [0, 0.1) is 12.7 Å². The Morgan fingerprint density at radius 3 is 2.11 bits per heavy atom. The molecule has 0 spiro atoms. The highest BCUT2D eigenvalue weighted by Gasteiger charge is 2.34. The van der Waals surface area contributed by atoms with Crippen LogP contribution in [0.15, 0.2) is 112 Å². The Morgan fingerprint density at radius 2 is 1.50 bits per heavy atom. The molecule has 0 heterocycles. The minimum atomic E-state index is -4.30. The fourth-order valence-corrected chi connectivity index (χ4v) is 6.60. The van der Waals surface area contributed by atoms with Crippen molar-refractivity contribution in [2.24, 2.45) is 0 Å². The smallest absolute Gasteiger partial charge is 0.264 e. The van der Waals surface area contributed by atoms with Crippen molar-refractivity contribution in [3.8, 4) is 0 Å². The summed E-state index contributed by atoms with van der Waals surface area (Å²) in [7, 11) is -4.30. The van der Waals surface area contributed by atoms with Gasteiger partial charge in [0, 0.05) is 23.5 Å². The molecule has 7 nitrogen and oxygen atoms in total. The first-order chi connectivity index (χ1) is 20.9. The molecule has 0 aliphatic carbocycles. The van der Waals surface area contributed by atoms with Crippen molar-refractivity contribution in [2.75, 3.05) is 10.8 Å². The largest absolute Gasteiger partial charge is 0.352 e. The molecule has 4 rings (SSSR count). The number of amides is 2. The lowest BCUT2D eigenvalue weighted by atomic mass is 10.0. The molecule has 2 amide bonds. The Morgan fingerprint density at radius 1 is 0.864 bits per heavy atom. The normalized spacial score (nSPS) is 12.0. The molecule has 0 fully saturated rings. The highest BCUT2D eigenvalue weighted by atomic mass is 79.9. The van der Waals surface area contributed by atoms with Gasteiger partial charge >= 0.3 is 0 Å². The van der Waals surface area contributed by atoms with Gasteiger partial charge in [0.05, 0.1) is 10.6 Å². The standard InChI is InChI=1S/C34H35BrFN3O4S/c1-24(2)37-34(41)32(21-26-8-5-4-6-9-26)38(22-27-10-7-11-28(35)20-27)33(40)23-39(30-16-12-25(3)13-17-30)44(42,43)31-18-14-29(36)15-19-31/h4-20,24,32H,21-23H2,1-3H3,(H,37,41)/t32-/m1/s1. The first-order valence-corrected chi connectivity index (χ1v) is 16.4. The monoisotopic (exact) mass is 679 g/mol. The average Bonchev–Trinajstić information content (AvgIpc) is 2.98. The average molecular weight is 681 g/mol. The van der Waals surface area contributed by atoms with E-state index in [1.165, 1.54) is 17.0 Å². The van der Waals surface area contributed by atoms with Gasteiger partial charge in [-0.3, -0.25) is 13.9 Å². The number of rotatable bonds is 12. The number of hydrogen-bond acceptors (Lipinski definition) is 4. The van der Waals surface area contributed by atoms with E-state index in [2.05, 4.69) is 21.2 Å². The number of hydrogen-bond donors (Lipinski definition) is 1. The molecule has 0 aliphatic heterocycles. The molecule has 44 heavy (non-hydrogen) atoms. The predicted octanol–water partition coefficient (Wildman–Crippen LogP) is 6.26.